The maximum atomic E-state index is 12.5. The molecule has 0 unspecified atom stereocenters. The lowest BCUT2D eigenvalue weighted by atomic mass is 9.95. The third-order valence-corrected chi connectivity index (χ3v) is 5.96. The number of esters is 1. The van der Waals surface area contributed by atoms with E-state index in [2.05, 4.69) is 15.4 Å². The van der Waals surface area contributed by atoms with Gasteiger partial charge in [0.25, 0.3) is 0 Å². The van der Waals surface area contributed by atoms with Crippen LogP contribution in [-0.2, 0) is 17.6 Å². The van der Waals surface area contributed by atoms with Crippen molar-refractivity contribution >= 4 is 45.3 Å². The number of aryl methyl sites for hydroxylation is 2. The average molecular weight is 441 g/mol. The molecule has 0 radical (unpaired) electrons. The zero-order valence-corrected chi connectivity index (χ0v) is 17.8. The van der Waals surface area contributed by atoms with Crippen LogP contribution in [0, 0.1) is 6.92 Å². The Kier molecular flexibility index (Phi) is 7.02. The Bertz CT molecular complexity index is 915. The van der Waals surface area contributed by atoms with Gasteiger partial charge in [0.15, 0.2) is 5.11 Å². The summed E-state index contributed by atoms with van der Waals surface area (Å²) in [6, 6.07) is 4.57. The van der Waals surface area contributed by atoms with Crippen LogP contribution in [0.5, 0.6) is 5.75 Å². The first-order valence-corrected chi connectivity index (χ1v) is 10.6. The van der Waals surface area contributed by atoms with Gasteiger partial charge in [0.1, 0.15) is 10.8 Å². The molecule has 0 fully saturated rings. The third kappa shape index (κ3) is 5.22. The molecule has 2 aromatic rings. The van der Waals surface area contributed by atoms with Crippen LogP contribution in [0.4, 0.5) is 19.5 Å². The van der Waals surface area contributed by atoms with Gasteiger partial charge in [-0.2, -0.15) is 8.78 Å². The Morgan fingerprint density at radius 2 is 2.03 bits per heavy atom. The Morgan fingerprint density at radius 3 is 2.72 bits per heavy atom. The fraction of sp³-hybridized carbons (Fsp3) is 0.400. The molecule has 3 rings (SSSR count). The van der Waals surface area contributed by atoms with Gasteiger partial charge in [0.05, 0.1) is 12.2 Å². The first kappa shape index (κ1) is 21.4. The average Bonchev–Trinajstić information content (AvgIpc) is 3.01. The van der Waals surface area contributed by atoms with Crippen molar-refractivity contribution in [3.05, 3.63) is 39.8 Å². The van der Waals surface area contributed by atoms with Crippen LogP contribution in [0.1, 0.15) is 46.1 Å². The highest BCUT2D eigenvalue weighted by molar-refractivity contribution is 7.80. The predicted octanol–water partition coefficient (Wildman–Crippen LogP) is 5.52. The maximum Gasteiger partial charge on any atom is 0.387 e. The summed E-state index contributed by atoms with van der Waals surface area (Å²) < 4.78 is 34.4. The highest BCUT2D eigenvalue weighted by atomic mass is 32.1. The molecule has 1 aliphatic rings. The van der Waals surface area contributed by atoms with E-state index in [1.165, 1.54) is 28.3 Å². The van der Waals surface area contributed by atoms with Crippen molar-refractivity contribution < 1.29 is 23.0 Å². The SMILES string of the molecule is CCOC(=O)c1c(NC(=S)Nc2ccc(OC(F)F)cc2C)sc2c1CCCC2. The molecule has 0 saturated carbocycles. The number of halogens is 2. The summed E-state index contributed by atoms with van der Waals surface area (Å²) in [6.45, 7) is 0.969. The summed E-state index contributed by atoms with van der Waals surface area (Å²) in [5.41, 5.74) is 2.97. The van der Waals surface area contributed by atoms with Crippen molar-refractivity contribution in [2.45, 2.75) is 46.1 Å². The van der Waals surface area contributed by atoms with E-state index in [1.807, 2.05) is 0 Å². The first-order valence-electron chi connectivity index (χ1n) is 9.34. The molecule has 1 heterocycles. The predicted molar refractivity (Wildman–Crippen MR) is 115 cm³/mol. The van der Waals surface area contributed by atoms with E-state index in [1.54, 1.807) is 19.9 Å². The minimum atomic E-state index is -2.87. The molecule has 9 heteroatoms. The number of thiophene rings is 1. The van der Waals surface area contributed by atoms with E-state index < -0.39 is 6.61 Å². The highest BCUT2D eigenvalue weighted by Crippen LogP contribution is 2.38. The van der Waals surface area contributed by atoms with Gasteiger partial charge in [-0.1, -0.05) is 0 Å². The molecule has 0 amide bonds. The zero-order chi connectivity index (χ0) is 21.0. The Morgan fingerprint density at radius 1 is 1.28 bits per heavy atom. The van der Waals surface area contributed by atoms with Gasteiger partial charge in [-0.3, -0.25) is 0 Å². The molecule has 1 aromatic heterocycles. The van der Waals surface area contributed by atoms with E-state index in [4.69, 9.17) is 17.0 Å². The lowest BCUT2D eigenvalue weighted by molar-refractivity contribution is -0.0498. The number of hydrogen-bond donors (Lipinski definition) is 2. The van der Waals surface area contributed by atoms with Crippen LogP contribution in [-0.4, -0.2) is 24.3 Å². The van der Waals surface area contributed by atoms with E-state index in [0.717, 1.165) is 31.2 Å². The molecule has 0 bridgehead atoms. The summed E-state index contributed by atoms with van der Waals surface area (Å²) in [4.78, 5) is 13.7. The van der Waals surface area contributed by atoms with Crippen molar-refractivity contribution in [3.8, 4) is 5.75 Å². The minimum absolute atomic E-state index is 0.0810. The molecule has 1 aromatic carbocycles. The minimum Gasteiger partial charge on any atom is -0.462 e. The zero-order valence-electron chi connectivity index (χ0n) is 16.1. The molecular formula is C20H22F2N2O3S2. The van der Waals surface area contributed by atoms with Crippen LogP contribution in [0.15, 0.2) is 18.2 Å². The molecule has 0 spiro atoms. The van der Waals surface area contributed by atoms with E-state index >= 15 is 0 Å². The van der Waals surface area contributed by atoms with Gasteiger partial charge in [0, 0.05) is 10.6 Å². The molecule has 1 aliphatic carbocycles. The van der Waals surface area contributed by atoms with Crippen molar-refractivity contribution in [1.29, 1.82) is 0 Å². The van der Waals surface area contributed by atoms with Gasteiger partial charge in [-0.25, -0.2) is 4.79 Å². The third-order valence-electron chi connectivity index (χ3n) is 4.55. The van der Waals surface area contributed by atoms with E-state index in [-0.39, 0.29) is 11.7 Å². The van der Waals surface area contributed by atoms with Gasteiger partial charge < -0.3 is 20.1 Å². The quantitative estimate of drug-likeness (QED) is 0.455. The Hall–Kier alpha value is -2.26. The standard InChI is InChI=1S/C20H22F2N2O3S2/c1-3-26-18(25)16-13-6-4-5-7-15(13)29-17(16)24-20(28)23-14-9-8-12(10-11(14)2)27-19(21)22/h8-10,19H,3-7H2,1-2H3,(H2,23,24,28). The maximum absolute atomic E-state index is 12.5. The number of carbonyl (C=O) groups excluding carboxylic acids is 1. The van der Waals surface area contributed by atoms with Crippen LogP contribution in [0.3, 0.4) is 0 Å². The summed E-state index contributed by atoms with van der Waals surface area (Å²) in [6.07, 6.45) is 3.94. The van der Waals surface area contributed by atoms with Crippen LogP contribution in [0.25, 0.3) is 0 Å². The second-order valence-corrected chi connectivity index (χ2v) is 8.08. The molecule has 0 saturated heterocycles. The lowest BCUT2D eigenvalue weighted by Gasteiger charge is -2.14. The van der Waals surface area contributed by atoms with Crippen LogP contribution in [0.2, 0.25) is 0 Å². The molecule has 0 aliphatic heterocycles. The highest BCUT2D eigenvalue weighted by Gasteiger charge is 2.26. The van der Waals surface area contributed by atoms with Crippen LogP contribution >= 0.6 is 23.6 Å². The number of fused-ring (bicyclic) bond motifs is 1. The number of alkyl halides is 2. The molecule has 2 N–H and O–H groups in total. The number of anilines is 2. The summed E-state index contributed by atoms with van der Waals surface area (Å²) in [5.74, 6) is -0.265. The number of nitrogens with one attached hydrogen (secondary N) is 2. The molecular weight excluding hydrogens is 418 g/mol. The number of carbonyl (C=O) groups is 1. The molecule has 29 heavy (non-hydrogen) atoms. The number of thiocarbonyl (C=S) groups is 1. The molecule has 5 nitrogen and oxygen atoms in total. The van der Waals surface area contributed by atoms with Crippen molar-refractivity contribution in [2.75, 3.05) is 17.2 Å². The number of rotatable bonds is 6. The fourth-order valence-corrected chi connectivity index (χ4v) is 4.84. The van der Waals surface area contributed by atoms with Gasteiger partial charge in [0.2, 0.25) is 0 Å². The van der Waals surface area contributed by atoms with Crippen molar-refractivity contribution in [1.82, 2.24) is 0 Å². The van der Waals surface area contributed by atoms with E-state index in [9.17, 15) is 13.6 Å². The summed E-state index contributed by atoms with van der Waals surface area (Å²) >= 11 is 6.94. The number of benzene rings is 1. The fourth-order valence-electron chi connectivity index (χ4n) is 3.28. The smallest absolute Gasteiger partial charge is 0.387 e. The monoisotopic (exact) mass is 440 g/mol. The van der Waals surface area contributed by atoms with Gasteiger partial charge in [-0.05, 0) is 81.1 Å². The van der Waals surface area contributed by atoms with Crippen molar-refractivity contribution in [2.24, 2.45) is 0 Å². The van der Waals surface area contributed by atoms with Crippen molar-refractivity contribution in [3.63, 3.8) is 0 Å². The molecule has 0 atom stereocenters. The largest absolute Gasteiger partial charge is 0.462 e. The topological polar surface area (TPSA) is 59.6 Å². The molecule has 156 valence electrons. The number of hydrogen-bond acceptors (Lipinski definition) is 5. The first-order chi connectivity index (χ1) is 13.9. The Balaban J connectivity index is 1.77. The number of ether oxygens (including phenoxy) is 2. The summed E-state index contributed by atoms with van der Waals surface area (Å²) in [7, 11) is 0. The summed E-state index contributed by atoms with van der Waals surface area (Å²) in [5, 5.41) is 7.14. The van der Waals surface area contributed by atoms with Gasteiger partial charge >= 0.3 is 12.6 Å². The lowest BCUT2D eigenvalue weighted by Crippen LogP contribution is -2.21. The Labute approximate surface area is 177 Å². The van der Waals surface area contributed by atoms with E-state index in [0.29, 0.717) is 33.5 Å². The van der Waals surface area contributed by atoms with Gasteiger partial charge in [-0.15, -0.1) is 11.3 Å². The second-order valence-electron chi connectivity index (χ2n) is 6.57. The normalized spacial score (nSPS) is 13.0. The van der Waals surface area contributed by atoms with Crippen LogP contribution < -0.4 is 15.4 Å². The second kappa shape index (κ2) is 9.49.